The van der Waals surface area contributed by atoms with E-state index in [1.54, 1.807) is 4.90 Å². The zero-order chi connectivity index (χ0) is 13.0. The second-order valence-corrected chi connectivity index (χ2v) is 5.32. The van der Waals surface area contributed by atoms with Gasteiger partial charge in [0.05, 0.1) is 0 Å². The van der Waals surface area contributed by atoms with Crippen LogP contribution in [0.3, 0.4) is 0 Å². The zero-order valence-electron chi connectivity index (χ0n) is 10.6. The molecule has 2 heterocycles. The first-order valence-corrected chi connectivity index (χ1v) is 6.79. The second kappa shape index (κ2) is 6.21. The Kier molecular flexibility index (Phi) is 4.86. The van der Waals surface area contributed by atoms with Crippen molar-refractivity contribution in [2.75, 3.05) is 39.3 Å². The van der Waals surface area contributed by atoms with Gasteiger partial charge in [-0.1, -0.05) is 0 Å². The summed E-state index contributed by atoms with van der Waals surface area (Å²) < 4.78 is 39.1. The molecule has 0 aromatic heterocycles. The van der Waals surface area contributed by atoms with E-state index in [9.17, 15) is 13.2 Å². The van der Waals surface area contributed by atoms with Crippen LogP contribution >= 0.6 is 0 Å². The lowest BCUT2D eigenvalue weighted by Gasteiger charge is -2.35. The molecule has 0 bridgehead atoms. The summed E-state index contributed by atoms with van der Waals surface area (Å²) in [6.45, 7) is 3.69. The Balaban J connectivity index is 1.96. The average Bonchev–Trinajstić information content (AvgIpc) is 2.55. The van der Waals surface area contributed by atoms with E-state index < -0.39 is 12.2 Å². The number of halogens is 3. The minimum absolute atomic E-state index is 0.0314. The van der Waals surface area contributed by atoms with Crippen molar-refractivity contribution < 1.29 is 13.2 Å². The molecule has 106 valence electrons. The van der Waals surface area contributed by atoms with Crippen LogP contribution in [0.4, 0.5) is 13.2 Å². The summed E-state index contributed by atoms with van der Waals surface area (Å²) >= 11 is 0. The van der Waals surface area contributed by atoms with Crippen LogP contribution in [0.15, 0.2) is 0 Å². The molecule has 6 heteroatoms. The van der Waals surface area contributed by atoms with Crippen molar-refractivity contribution in [3.05, 3.63) is 0 Å². The van der Waals surface area contributed by atoms with Gasteiger partial charge in [-0.15, -0.1) is 0 Å². The van der Waals surface area contributed by atoms with Crippen LogP contribution in [0.2, 0.25) is 0 Å². The molecule has 2 unspecified atom stereocenters. The van der Waals surface area contributed by atoms with Crippen molar-refractivity contribution in [2.45, 2.75) is 31.5 Å². The molecule has 18 heavy (non-hydrogen) atoms. The van der Waals surface area contributed by atoms with E-state index in [-0.39, 0.29) is 6.54 Å². The van der Waals surface area contributed by atoms with Crippen LogP contribution in [0.25, 0.3) is 0 Å². The molecule has 0 radical (unpaired) electrons. The van der Waals surface area contributed by atoms with Gasteiger partial charge in [-0.25, -0.2) is 0 Å². The molecule has 2 aliphatic rings. The molecule has 0 amide bonds. The Morgan fingerprint density at radius 3 is 2.44 bits per heavy atom. The summed E-state index contributed by atoms with van der Waals surface area (Å²) in [5, 5.41) is 6.16. The molecule has 0 aromatic rings. The first-order valence-electron chi connectivity index (χ1n) is 6.79. The molecular formula is C12H22F3N3. The maximum absolute atomic E-state index is 13.0. The minimum atomic E-state index is -4.13. The summed E-state index contributed by atoms with van der Waals surface area (Å²) in [5.74, 6) is 0.363. The van der Waals surface area contributed by atoms with Crippen LogP contribution in [0, 0.1) is 5.92 Å². The average molecular weight is 265 g/mol. The van der Waals surface area contributed by atoms with E-state index >= 15 is 0 Å². The highest BCUT2D eigenvalue weighted by Crippen LogP contribution is 2.27. The molecule has 2 atom stereocenters. The molecule has 0 aliphatic carbocycles. The lowest BCUT2D eigenvalue weighted by atomic mass is 9.98. The quantitative estimate of drug-likeness (QED) is 0.786. The first kappa shape index (κ1) is 14.1. The third-order valence-corrected chi connectivity index (χ3v) is 3.85. The molecule has 0 aromatic carbocycles. The monoisotopic (exact) mass is 265 g/mol. The minimum Gasteiger partial charge on any atom is -0.316 e. The molecule has 2 N–H and O–H groups in total. The fraction of sp³-hybridized carbons (Fsp3) is 1.00. The van der Waals surface area contributed by atoms with Gasteiger partial charge in [0.2, 0.25) is 0 Å². The first-order chi connectivity index (χ1) is 8.57. The Labute approximate surface area is 106 Å². The van der Waals surface area contributed by atoms with E-state index in [1.165, 1.54) is 0 Å². The summed E-state index contributed by atoms with van der Waals surface area (Å²) in [7, 11) is 0. The summed E-state index contributed by atoms with van der Waals surface area (Å²) in [5.41, 5.74) is 0. The fourth-order valence-corrected chi connectivity index (χ4v) is 2.88. The largest absolute Gasteiger partial charge is 0.405 e. The highest BCUT2D eigenvalue weighted by Gasteiger charge is 2.44. The van der Waals surface area contributed by atoms with Crippen molar-refractivity contribution in [2.24, 2.45) is 5.92 Å². The van der Waals surface area contributed by atoms with Gasteiger partial charge in [-0.3, -0.25) is 4.90 Å². The van der Waals surface area contributed by atoms with Gasteiger partial charge in [-0.2, -0.15) is 13.2 Å². The highest BCUT2D eigenvalue weighted by atomic mass is 19.4. The molecule has 2 fully saturated rings. The number of hydrogen-bond donors (Lipinski definition) is 2. The van der Waals surface area contributed by atoms with Crippen molar-refractivity contribution in [3.8, 4) is 0 Å². The Morgan fingerprint density at radius 2 is 1.78 bits per heavy atom. The number of piperidine rings is 1. The number of hydrogen-bond acceptors (Lipinski definition) is 3. The molecular weight excluding hydrogens is 243 g/mol. The van der Waals surface area contributed by atoms with Gasteiger partial charge < -0.3 is 10.6 Å². The molecule has 2 rings (SSSR count). The molecule has 3 nitrogen and oxygen atoms in total. The molecule has 2 aliphatic heterocycles. The third kappa shape index (κ3) is 3.83. The van der Waals surface area contributed by atoms with E-state index in [0.717, 1.165) is 32.4 Å². The SMILES string of the molecule is FC(F)(F)C1CNCCCN1CC1CCCNC1. The number of nitrogens with zero attached hydrogens (tertiary/aromatic N) is 1. The van der Waals surface area contributed by atoms with E-state index in [1.807, 2.05) is 0 Å². The number of rotatable bonds is 2. The summed E-state index contributed by atoms with van der Waals surface area (Å²) in [4.78, 5) is 1.64. The fourth-order valence-electron chi connectivity index (χ4n) is 2.88. The van der Waals surface area contributed by atoms with Crippen molar-refractivity contribution in [1.29, 1.82) is 0 Å². The lowest BCUT2D eigenvalue weighted by molar-refractivity contribution is -0.182. The predicted molar refractivity (Wildman–Crippen MR) is 64.5 cm³/mol. The van der Waals surface area contributed by atoms with Crippen LogP contribution in [0.1, 0.15) is 19.3 Å². The van der Waals surface area contributed by atoms with Crippen molar-refractivity contribution in [3.63, 3.8) is 0 Å². The maximum Gasteiger partial charge on any atom is 0.405 e. The third-order valence-electron chi connectivity index (χ3n) is 3.85. The summed E-state index contributed by atoms with van der Waals surface area (Å²) in [6.07, 6.45) is -1.21. The smallest absolute Gasteiger partial charge is 0.316 e. The van der Waals surface area contributed by atoms with Gasteiger partial charge in [0.25, 0.3) is 0 Å². The Morgan fingerprint density at radius 1 is 1.06 bits per heavy atom. The standard InChI is InChI=1S/C12H22F3N3/c13-12(14,15)11-8-17-5-2-6-18(11)9-10-3-1-4-16-7-10/h10-11,16-17H,1-9H2. The van der Waals surface area contributed by atoms with Crippen molar-refractivity contribution >= 4 is 0 Å². The second-order valence-electron chi connectivity index (χ2n) is 5.32. The summed E-state index contributed by atoms with van der Waals surface area (Å²) in [6, 6.07) is -1.32. The van der Waals surface area contributed by atoms with Gasteiger partial charge >= 0.3 is 6.18 Å². The van der Waals surface area contributed by atoms with Crippen LogP contribution in [-0.2, 0) is 0 Å². The Hall–Kier alpha value is -0.330. The van der Waals surface area contributed by atoms with Crippen LogP contribution < -0.4 is 10.6 Å². The van der Waals surface area contributed by atoms with Gasteiger partial charge in [0.15, 0.2) is 0 Å². The lowest BCUT2D eigenvalue weighted by Crippen LogP contribution is -2.52. The Bertz CT molecular complexity index is 251. The van der Waals surface area contributed by atoms with Crippen molar-refractivity contribution in [1.82, 2.24) is 15.5 Å². The normalized spacial score (nSPS) is 32.2. The van der Waals surface area contributed by atoms with Gasteiger partial charge in [-0.05, 0) is 44.8 Å². The van der Waals surface area contributed by atoms with Gasteiger partial charge in [0, 0.05) is 19.6 Å². The van der Waals surface area contributed by atoms with E-state index in [4.69, 9.17) is 0 Å². The van der Waals surface area contributed by atoms with E-state index in [2.05, 4.69) is 10.6 Å². The van der Waals surface area contributed by atoms with Crippen LogP contribution in [0.5, 0.6) is 0 Å². The van der Waals surface area contributed by atoms with Crippen LogP contribution in [-0.4, -0.2) is 56.4 Å². The van der Waals surface area contributed by atoms with E-state index in [0.29, 0.717) is 25.6 Å². The van der Waals surface area contributed by atoms with Gasteiger partial charge in [0.1, 0.15) is 6.04 Å². The highest BCUT2D eigenvalue weighted by molar-refractivity contribution is 4.86. The molecule has 0 spiro atoms. The predicted octanol–water partition coefficient (Wildman–Crippen LogP) is 1.21. The molecule has 2 saturated heterocycles. The maximum atomic E-state index is 13.0. The number of nitrogens with one attached hydrogen (secondary N) is 2. The topological polar surface area (TPSA) is 27.3 Å². The number of alkyl halides is 3. The zero-order valence-corrected chi connectivity index (χ0v) is 10.6. The molecule has 0 saturated carbocycles.